The van der Waals surface area contributed by atoms with Crippen molar-refractivity contribution in [3.63, 3.8) is 0 Å². The minimum atomic E-state index is -0.963. The molecule has 0 saturated heterocycles. The molecule has 0 spiro atoms. The number of para-hydroxylation sites is 2. The summed E-state index contributed by atoms with van der Waals surface area (Å²) in [6, 6.07) is 14.8. The lowest BCUT2D eigenvalue weighted by Crippen LogP contribution is -2.25. The molecule has 1 atom stereocenters. The Labute approximate surface area is 151 Å². The molecule has 136 valence electrons. The maximum atomic E-state index is 10.8. The van der Waals surface area contributed by atoms with Crippen LogP contribution in [0.1, 0.15) is 18.1 Å². The summed E-state index contributed by atoms with van der Waals surface area (Å²) in [6.45, 7) is 1.42. The van der Waals surface area contributed by atoms with E-state index in [2.05, 4.69) is 10.6 Å². The van der Waals surface area contributed by atoms with Gasteiger partial charge in [-0.25, -0.2) is 0 Å². The normalized spacial score (nSPS) is 14.4. The summed E-state index contributed by atoms with van der Waals surface area (Å²) >= 11 is 0. The third-order valence-electron chi connectivity index (χ3n) is 3.67. The van der Waals surface area contributed by atoms with Crippen LogP contribution in [-0.4, -0.2) is 28.9 Å². The lowest BCUT2D eigenvalue weighted by Gasteiger charge is -1.93. The average Bonchev–Trinajstić information content (AvgIpc) is 3.16. The summed E-state index contributed by atoms with van der Waals surface area (Å²) in [5.74, 6) is -0.766. The fraction of sp³-hybridized carbons (Fsp3) is 0.211. The molecule has 0 saturated carbocycles. The highest BCUT2D eigenvalue weighted by molar-refractivity contribution is 5.99. The maximum absolute atomic E-state index is 10.8. The van der Waals surface area contributed by atoms with Crippen molar-refractivity contribution in [3.05, 3.63) is 59.7 Å². The van der Waals surface area contributed by atoms with E-state index in [1.54, 1.807) is 0 Å². The van der Waals surface area contributed by atoms with Crippen LogP contribution in [0.2, 0.25) is 0 Å². The first kappa shape index (κ1) is 19.1. The predicted octanol–water partition coefficient (Wildman–Crippen LogP) is 1.78. The second-order valence-electron chi connectivity index (χ2n) is 5.89. The fourth-order valence-corrected chi connectivity index (χ4v) is 2.33. The minimum absolute atomic E-state index is 0.0983. The Bertz CT molecular complexity index is 704. The topological polar surface area (TPSA) is 122 Å². The van der Waals surface area contributed by atoms with Gasteiger partial charge in [-0.1, -0.05) is 36.4 Å². The van der Waals surface area contributed by atoms with E-state index in [4.69, 9.17) is 10.8 Å². The van der Waals surface area contributed by atoms with Gasteiger partial charge in [0, 0.05) is 11.4 Å². The van der Waals surface area contributed by atoms with Gasteiger partial charge in [-0.3, -0.25) is 14.4 Å². The van der Waals surface area contributed by atoms with Crippen LogP contribution in [0.4, 0.5) is 11.4 Å². The first-order valence-electron chi connectivity index (χ1n) is 8.10. The molecule has 2 heterocycles. The van der Waals surface area contributed by atoms with Gasteiger partial charge in [0.1, 0.15) is 6.04 Å². The summed E-state index contributed by atoms with van der Waals surface area (Å²) in [6.07, 6.45) is 1.08. The quantitative estimate of drug-likeness (QED) is 0.621. The van der Waals surface area contributed by atoms with Crippen molar-refractivity contribution >= 4 is 29.2 Å². The number of aliphatic carboxylic acids is 1. The Balaban J connectivity index is 0.000000146. The smallest absolute Gasteiger partial charge is 0.320 e. The standard InChI is InChI=1S/2C8H7NO.C3H7NO2/c2*10-8-5-6-3-1-2-4-7(6)9-8;1-2(4)3(5)6/h2*1-4H,5H2,(H,9,10);2H,4H2,1H3,(H,5,6). The summed E-state index contributed by atoms with van der Waals surface area (Å²) < 4.78 is 0. The molecule has 2 aliphatic rings. The first-order chi connectivity index (χ1) is 12.4. The van der Waals surface area contributed by atoms with Gasteiger partial charge in [0.15, 0.2) is 0 Å². The van der Waals surface area contributed by atoms with Crippen LogP contribution in [0.5, 0.6) is 0 Å². The Morgan fingerprint density at radius 2 is 1.27 bits per heavy atom. The Kier molecular flexibility index (Phi) is 6.46. The van der Waals surface area contributed by atoms with Crippen molar-refractivity contribution in [3.8, 4) is 0 Å². The molecule has 1 unspecified atom stereocenters. The molecule has 0 fully saturated rings. The van der Waals surface area contributed by atoms with E-state index in [0.717, 1.165) is 22.5 Å². The van der Waals surface area contributed by atoms with E-state index in [-0.39, 0.29) is 11.8 Å². The number of carbonyl (C=O) groups is 3. The van der Waals surface area contributed by atoms with Crippen LogP contribution in [0.15, 0.2) is 48.5 Å². The first-order valence-corrected chi connectivity index (χ1v) is 8.10. The van der Waals surface area contributed by atoms with Crippen molar-refractivity contribution in [2.45, 2.75) is 25.8 Å². The summed E-state index contributed by atoms with van der Waals surface area (Å²) in [7, 11) is 0. The van der Waals surface area contributed by atoms with E-state index < -0.39 is 12.0 Å². The number of carboxylic acids is 1. The van der Waals surface area contributed by atoms with Crippen molar-refractivity contribution in [1.82, 2.24) is 0 Å². The molecule has 2 aromatic rings. The number of hydrogen-bond acceptors (Lipinski definition) is 4. The molecule has 7 nitrogen and oxygen atoms in total. The molecule has 0 aromatic heterocycles. The zero-order valence-corrected chi connectivity index (χ0v) is 14.4. The molecule has 26 heavy (non-hydrogen) atoms. The largest absolute Gasteiger partial charge is 0.480 e. The molecule has 0 radical (unpaired) electrons. The monoisotopic (exact) mass is 355 g/mol. The molecular weight excluding hydrogens is 334 g/mol. The zero-order valence-electron chi connectivity index (χ0n) is 14.4. The van der Waals surface area contributed by atoms with Crippen molar-refractivity contribution in [2.75, 3.05) is 10.6 Å². The van der Waals surface area contributed by atoms with E-state index in [0.29, 0.717) is 12.8 Å². The summed E-state index contributed by atoms with van der Waals surface area (Å²) in [5, 5.41) is 13.4. The maximum Gasteiger partial charge on any atom is 0.320 e. The zero-order chi connectivity index (χ0) is 19.1. The summed E-state index contributed by atoms with van der Waals surface area (Å²) in [4.78, 5) is 31.2. The molecule has 7 heteroatoms. The average molecular weight is 355 g/mol. The number of benzene rings is 2. The molecule has 0 bridgehead atoms. The number of nitrogens with two attached hydrogens (primary N) is 1. The SMILES string of the molecule is CC(N)C(=O)O.O=C1Cc2ccccc2N1.O=C1Cc2ccccc2N1. The van der Waals surface area contributed by atoms with Crippen LogP contribution in [0.25, 0.3) is 0 Å². The van der Waals surface area contributed by atoms with E-state index in [1.807, 2.05) is 48.5 Å². The van der Waals surface area contributed by atoms with Gasteiger partial charge in [0.2, 0.25) is 11.8 Å². The van der Waals surface area contributed by atoms with Crippen molar-refractivity contribution in [2.24, 2.45) is 5.73 Å². The lowest BCUT2D eigenvalue weighted by molar-refractivity contribution is -0.138. The second kappa shape index (κ2) is 8.77. The number of amides is 2. The van der Waals surface area contributed by atoms with Crippen LogP contribution in [-0.2, 0) is 27.2 Å². The number of carboxylic acid groups (broad SMARTS) is 1. The number of anilines is 2. The van der Waals surface area contributed by atoms with E-state index in [9.17, 15) is 14.4 Å². The number of rotatable bonds is 1. The van der Waals surface area contributed by atoms with Gasteiger partial charge >= 0.3 is 5.97 Å². The van der Waals surface area contributed by atoms with Crippen LogP contribution >= 0.6 is 0 Å². The van der Waals surface area contributed by atoms with E-state index >= 15 is 0 Å². The van der Waals surface area contributed by atoms with Gasteiger partial charge in [-0.15, -0.1) is 0 Å². The number of fused-ring (bicyclic) bond motifs is 2. The number of carbonyl (C=O) groups excluding carboxylic acids is 2. The Morgan fingerprint density at radius 3 is 1.58 bits per heavy atom. The summed E-state index contributed by atoms with van der Waals surface area (Å²) in [5.41, 5.74) is 8.97. The fourth-order valence-electron chi connectivity index (χ4n) is 2.33. The van der Waals surface area contributed by atoms with Crippen LogP contribution in [0.3, 0.4) is 0 Å². The van der Waals surface area contributed by atoms with Gasteiger partial charge in [-0.05, 0) is 30.2 Å². The van der Waals surface area contributed by atoms with Crippen LogP contribution in [0, 0.1) is 0 Å². The minimum Gasteiger partial charge on any atom is -0.480 e. The molecular formula is C19H21N3O4. The van der Waals surface area contributed by atoms with Gasteiger partial charge < -0.3 is 21.5 Å². The third-order valence-corrected chi connectivity index (χ3v) is 3.67. The molecule has 0 aliphatic carbocycles. The Morgan fingerprint density at radius 1 is 0.923 bits per heavy atom. The number of nitrogens with one attached hydrogen (secondary N) is 2. The molecule has 2 amide bonds. The molecule has 2 aromatic carbocycles. The highest BCUT2D eigenvalue weighted by Crippen LogP contribution is 2.21. The van der Waals surface area contributed by atoms with Crippen molar-refractivity contribution in [1.29, 1.82) is 0 Å². The molecule has 2 aliphatic heterocycles. The molecule has 4 rings (SSSR count). The van der Waals surface area contributed by atoms with Crippen LogP contribution < -0.4 is 16.4 Å². The highest BCUT2D eigenvalue weighted by Gasteiger charge is 2.15. The van der Waals surface area contributed by atoms with Crippen molar-refractivity contribution < 1.29 is 19.5 Å². The predicted molar refractivity (Wildman–Crippen MR) is 98.8 cm³/mol. The molecule has 5 N–H and O–H groups in total. The lowest BCUT2D eigenvalue weighted by atomic mass is 10.2. The third kappa shape index (κ3) is 5.42. The van der Waals surface area contributed by atoms with Gasteiger partial charge in [0.25, 0.3) is 0 Å². The van der Waals surface area contributed by atoms with E-state index in [1.165, 1.54) is 6.92 Å². The Hall–Kier alpha value is -3.19. The van der Waals surface area contributed by atoms with Gasteiger partial charge in [-0.2, -0.15) is 0 Å². The van der Waals surface area contributed by atoms with Gasteiger partial charge in [0.05, 0.1) is 12.8 Å². The number of hydrogen-bond donors (Lipinski definition) is 4. The highest BCUT2D eigenvalue weighted by atomic mass is 16.4. The second-order valence-corrected chi connectivity index (χ2v) is 5.89.